The number of thiol groups is 1. The Morgan fingerprint density at radius 3 is 2.18 bits per heavy atom. The van der Waals surface area contributed by atoms with E-state index in [4.69, 9.17) is 4.18 Å². The van der Waals surface area contributed by atoms with Gasteiger partial charge in [-0.2, -0.15) is 0 Å². The van der Waals surface area contributed by atoms with Gasteiger partial charge in [0.05, 0.1) is 0 Å². The molecule has 0 aliphatic rings. The Labute approximate surface area is 74.1 Å². The first-order valence-corrected chi connectivity index (χ1v) is 3.89. The highest BCUT2D eigenvalue weighted by Crippen LogP contribution is 2.04. The summed E-state index contributed by atoms with van der Waals surface area (Å²) in [5, 5.41) is 0. The number of hydrogen-bond acceptors (Lipinski definition) is 2. The fraction of sp³-hybridized carbons (Fsp3) is 0.333. The molecule has 1 nitrogen and oxygen atoms in total. The molecule has 0 bridgehead atoms. The van der Waals surface area contributed by atoms with Crippen molar-refractivity contribution in [2.45, 2.75) is 20.8 Å². The van der Waals surface area contributed by atoms with E-state index in [2.05, 4.69) is 12.9 Å². The third kappa shape index (κ3) is 4.73. The van der Waals surface area contributed by atoms with Crippen molar-refractivity contribution >= 4 is 12.9 Å². The minimum atomic E-state index is 0.759. The van der Waals surface area contributed by atoms with Crippen molar-refractivity contribution < 1.29 is 4.18 Å². The van der Waals surface area contributed by atoms with Crippen LogP contribution in [0.4, 0.5) is 0 Å². The number of allylic oxidation sites excluding steroid dienone is 5. The van der Waals surface area contributed by atoms with Crippen molar-refractivity contribution in [1.82, 2.24) is 0 Å². The summed E-state index contributed by atoms with van der Waals surface area (Å²) in [5.41, 5.74) is 1.20. The molecular weight excluding hydrogens is 156 g/mol. The van der Waals surface area contributed by atoms with Gasteiger partial charge in [0, 0.05) is 12.9 Å². The Balaban J connectivity index is 4.12. The Morgan fingerprint density at radius 2 is 1.82 bits per heavy atom. The molecule has 0 unspecified atom stereocenters. The van der Waals surface area contributed by atoms with E-state index in [1.165, 1.54) is 5.57 Å². The second-order valence-electron chi connectivity index (χ2n) is 2.15. The quantitative estimate of drug-likeness (QED) is 0.296. The van der Waals surface area contributed by atoms with Gasteiger partial charge in [0.2, 0.25) is 0 Å². The molecule has 0 radical (unpaired) electrons. The molecule has 0 fully saturated rings. The maximum absolute atomic E-state index is 4.74. The predicted molar refractivity (Wildman–Crippen MR) is 52.4 cm³/mol. The summed E-state index contributed by atoms with van der Waals surface area (Å²) in [7, 11) is 0. The molecule has 0 saturated carbocycles. The monoisotopic (exact) mass is 170 g/mol. The normalized spacial score (nSPS) is 14.2. The van der Waals surface area contributed by atoms with Crippen LogP contribution in [-0.4, -0.2) is 0 Å². The molecule has 0 heterocycles. The van der Waals surface area contributed by atoms with Crippen molar-refractivity contribution in [2.75, 3.05) is 0 Å². The van der Waals surface area contributed by atoms with Gasteiger partial charge in [0.15, 0.2) is 0 Å². The summed E-state index contributed by atoms with van der Waals surface area (Å²) in [6, 6.07) is 0. The Hall–Kier alpha value is -0.630. The van der Waals surface area contributed by atoms with Gasteiger partial charge in [-0.25, -0.2) is 0 Å². The van der Waals surface area contributed by atoms with Crippen LogP contribution in [0.5, 0.6) is 0 Å². The summed E-state index contributed by atoms with van der Waals surface area (Å²) in [5.74, 6) is 0.759. The average Bonchev–Trinajstić information content (AvgIpc) is 2.06. The third-order valence-electron chi connectivity index (χ3n) is 1.36. The average molecular weight is 170 g/mol. The minimum Gasteiger partial charge on any atom is -0.429 e. The van der Waals surface area contributed by atoms with Crippen LogP contribution in [0.25, 0.3) is 0 Å². The topological polar surface area (TPSA) is 9.23 Å². The molecule has 0 aromatic heterocycles. The lowest BCUT2D eigenvalue weighted by Gasteiger charge is -1.95. The van der Waals surface area contributed by atoms with Gasteiger partial charge in [0.1, 0.15) is 5.76 Å². The standard InChI is InChI=1S/C9H14OS/c1-4-8(3)6-7-9(5-2)10-11/h4-7,11H,1-3H3/b7-6-,8-4-,9-5+. The minimum absolute atomic E-state index is 0.759. The van der Waals surface area contributed by atoms with Crippen LogP contribution in [0.1, 0.15) is 20.8 Å². The van der Waals surface area contributed by atoms with Crippen LogP contribution in [0.3, 0.4) is 0 Å². The number of hydrogen-bond donors (Lipinski definition) is 1. The summed E-state index contributed by atoms with van der Waals surface area (Å²) in [4.78, 5) is 0. The molecule has 11 heavy (non-hydrogen) atoms. The van der Waals surface area contributed by atoms with Gasteiger partial charge in [-0.1, -0.05) is 17.7 Å². The molecule has 0 aliphatic carbocycles. The summed E-state index contributed by atoms with van der Waals surface area (Å²) in [6.07, 6.45) is 7.74. The van der Waals surface area contributed by atoms with Gasteiger partial charge in [-0.05, 0) is 32.9 Å². The van der Waals surface area contributed by atoms with Crippen molar-refractivity contribution in [2.24, 2.45) is 0 Å². The summed E-state index contributed by atoms with van der Waals surface area (Å²) in [6.45, 7) is 5.93. The largest absolute Gasteiger partial charge is 0.429 e. The summed E-state index contributed by atoms with van der Waals surface area (Å²) >= 11 is 3.69. The van der Waals surface area contributed by atoms with Crippen molar-refractivity contribution in [1.29, 1.82) is 0 Å². The lowest BCUT2D eigenvalue weighted by molar-refractivity contribution is 0.531. The third-order valence-corrected chi connectivity index (χ3v) is 1.57. The SMILES string of the molecule is C\C=C(C)/C=C\C(=C/C)OS. The molecule has 0 N–H and O–H groups in total. The van der Waals surface area contributed by atoms with E-state index in [-0.39, 0.29) is 0 Å². The zero-order chi connectivity index (χ0) is 8.69. The van der Waals surface area contributed by atoms with Gasteiger partial charge in [-0.3, -0.25) is 0 Å². The van der Waals surface area contributed by atoms with Crippen LogP contribution in [-0.2, 0) is 4.18 Å². The predicted octanol–water partition coefficient (Wildman–Crippen LogP) is 3.27. The molecule has 0 aliphatic heterocycles. The fourth-order valence-corrected chi connectivity index (χ4v) is 0.655. The van der Waals surface area contributed by atoms with Crippen LogP contribution in [0.2, 0.25) is 0 Å². The first kappa shape index (κ1) is 10.4. The Bertz CT molecular complexity index is 190. The van der Waals surface area contributed by atoms with E-state index in [1.54, 1.807) is 0 Å². The van der Waals surface area contributed by atoms with Crippen LogP contribution in [0.15, 0.2) is 35.6 Å². The second kappa shape index (κ2) is 6.10. The van der Waals surface area contributed by atoms with Gasteiger partial charge < -0.3 is 4.18 Å². The van der Waals surface area contributed by atoms with Gasteiger partial charge in [0.25, 0.3) is 0 Å². The number of rotatable bonds is 3. The molecule has 0 aromatic carbocycles. The van der Waals surface area contributed by atoms with Gasteiger partial charge in [-0.15, -0.1) is 0 Å². The lowest BCUT2D eigenvalue weighted by Crippen LogP contribution is -1.74. The molecule has 0 saturated heterocycles. The molecule has 0 spiro atoms. The van der Waals surface area contributed by atoms with E-state index in [9.17, 15) is 0 Å². The van der Waals surface area contributed by atoms with E-state index < -0.39 is 0 Å². The van der Waals surface area contributed by atoms with Gasteiger partial charge >= 0.3 is 0 Å². The molecule has 0 aromatic rings. The van der Waals surface area contributed by atoms with Crippen molar-refractivity contribution in [3.8, 4) is 0 Å². The first-order valence-electron chi connectivity index (χ1n) is 3.53. The highest BCUT2D eigenvalue weighted by atomic mass is 32.1. The molecule has 0 rings (SSSR count). The second-order valence-corrected chi connectivity index (χ2v) is 2.33. The molecular formula is C9H14OS. The van der Waals surface area contributed by atoms with E-state index >= 15 is 0 Å². The Morgan fingerprint density at radius 1 is 1.18 bits per heavy atom. The maximum atomic E-state index is 4.74. The van der Waals surface area contributed by atoms with Crippen molar-refractivity contribution in [3.63, 3.8) is 0 Å². The van der Waals surface area contributed by atoms with Crippen LogP contribution >= 0.6 is 12.9 Å². The Kier molecular flexibility index (Phi) is 5.75. The fourth-order valence-electron chi connectivity index (χ4n) is 0.489. The molecule has 0 amide bonds. The first-order chi connectivity index (χ1) is 5.24. The molecule has 0 atom stereocenters. The highest BCUT2D eigenvalue weighted by Gasteiger charge is 1.85. The zero-order valence-corrected chi connectivity index (χ0v) is 8.06. The lowest BCUT2D eigenvalue weighted by atomic mass is 10.2. The smallest absolute Gasteiger partial charge is 0.132 e. The zero-order valence-electron chi connectivity index (χ0n) is 7.16. The molecule has 2 heteroatoms. The maximum Gasteiger partial charge on any atom is 0.132 e. The summed E-state index contributed by atoms with van der Waals surface area (Å²) < 4.78 is 4.74. The van der Waals surface area contributed by atoms with E-state index in [1.807, 2.05) is 45.1 Å². The van der Waals surface area contributed by atoms with Crippen LogP contribution < -0.4 is 0 Å². The van der Waals surface area contributed by atoms with Crippen molar-refractivity contribution in [3.05, 3.63) is 35.6 Å². The van der Waals surface area contributed by atoms with Crippen LogP contribution in [0, 0.1) is 0 Å². The molecule has 62 valence electrons. The van der Waals surface area contributed by atoms with E-state index in [0.717, 1.165) is 5.76 Å². The highest BCUT2D eigenvalue weighted by molar-refractivity contribution is 7.75. The van der Waals surface area contributed by atoms with E-state index in [0.29, 0.717) is 0 Å².